The first-order chi connectivity index (χ1) is 9.81. The van der Waals surface area contributed by atoms with E-state index in [0.29, 0.717) is 12.1 Å². The average molecular weight is 290 g/mol. The van der Waals surface area contributed by atoms with E-state index < -0.39 is 6.10 Å². The number of aliphatic hydroxyl groups excluding tert-OH is 1. The highest BCUT2D eigenvalue weighted by Gasteiger charge is 2.21. The fourth-order valence-corrected chi connectivity index (χ4v) is 2.40. The third kappa shape index (κ3) is 3.05. The van der Waals surface area contributed by atoms with Crippen LogP contribution in [0.1, 0.15) is 36.8 Å². The minimum atomic E-state index is -0.562. The van der Waals surface area contributed by atoms with Gasteiger partial charge in [0.15, 0.2) is 5.65 Å². The first-order valence-corrected chi connectivity index (χ1v) is 7.09. The summed E-state index contributed by atoms with van der Waals surface area (Å²) in [5, 5.41) is 14.8. The molecule has 0 aromatic carbocycles. The van der Waals surface area contributed by atoms with Crippen LogP contribution in [-0.4, -0.2) is 49.4 Å². The second kappa shape index (κ2) is 5.81. The van der Waals surface area contributed by atoms with Crippen LogP contribution >= 0.6 is 0 Å². The Morgan fingerprint density at radius 3 is 2.67 bits per heavy atom. The van der Waals surface area contributed by atoms with Crippen LogP contribution in [0.3, 0.4) is 0 Å². The van der Waals surface area contributed by atoms with Crippen molar-refractivity contribution in [3.8, 4) is 0 Å². The lowest BCUT2D eigenvalue weighted by molar-refractivity contribution is 0.0578. The number of pyridine rings is 1. The Morgan fingerprint density at radius 2 is 2.10 bits per heavy atom. The van der Waals surface area contributed by atoms with E-state index in [9.17, 15) is 9.90 Å². The largest absolute Gasteiger partial charge is 0.392 e. The quantitative estimate of drug-likeness (QED) is 0.926. The normalized spacial score (nSPS) is 12.9. The zero-order valence-corrected chi connectivity index (χ0v) is 13.2. The molecule has 2 aromatic rings. The Balaban J connectivity index is 2.40. The molecule has 0 fully saturated rings. The number of nitrogens with zero attached hydrogens (tertiary/aromatic N) is 4. The van der Waals surface area contributed by atoms with Crippen molar-refractivity contribution in [2.45, 2.75) is 39.8 Å². The minimum absolute atomic E-state index is 0.0118. The summed E-state index contributed by atoms with van der Waals surface area (Å²) in [5.41, 5.74) is 2.13. The Bertz CT molecular complexity index is 661. The molecule has 21 heavy (non-hydrogen) atoms. The predicted octanol–water partition coefficient (Wildman–Crippen LogP) is 1.51. The minimum Gasteiger partial charge on any atom is -0.392 e. The van der Waals surface area contributed by atoms with Crippen molar-refractivity contribution in [3.63, 3.8) is 0 Å². The number of carbonyl (C=O) groups excluding carboxylic acids is 1. The number of rotatable bonds is 4. The molecule has 2 rings (SSSR count). The molecule has 1 amide bonds. The van der Waals surface area contributed by atoms with Crippen molar-refractivity contribution in [2.24, 2.45) is 7.05 Å². The van der Waals surface area contributed by atoms with Crippen LogP contribution < -0.4 is 0 Å². The third-order valence-electron chi connectivity index (χ3n) is 3.46. The highest BCUT2D eigenvalue weighted by Crippen LogP contribution is 2.18. The van der Waals surface area contributed by atoms with Crippen molar-refractivity contribution in [3.05, 3.63) is 23.5 Å². The molecule has 0 aliphatic rings. The first kappa shape index (κ1) is 15.4. The number of aliphatic hydroxyl groups is 1. The number of amides is 1. The highest BCUT2D eigenvalue weighted by atomic mass is 16.3. The molecule has 0 spiro atoms. The van der Waals surface area contributed by atoms with Gasteiger partial charge in [-0.05, 0) is 33.8 Å². The molecule has 2 aromatic heterocycles. The zero-order chi connectivity index (χ0) is 15.7. The lowest BCUT2D eigenvalue weighted by atomic mass is 10.1. The topological polar surface area (TPSA) is 71.2 Å². The Kier molecular flexibility index (Phi) is 4.27. The SMILES string of the molecule is Cc1nn(C)c2ncc(C(=O)N(CC(C)O)C(C)C)cc12. The fourth-order valence-electron chi connectivity index (χ4n) is 2.40. The monoisotopic (exact) mass is 290 g/mol. The van der Waals surface area contributed by atoms with E-state index in [2.05, 4.69) is 10.1 Å². The average Bonchev–Trinajstić information content (AvgIpc) is 2.70. The van der Waals surface area contributed by atoms with Gasteiger partial charge in [0.2, 0.25) is 0 Å². The van der Waals surface area contributed by atoms with Crippen LogP contribution in [0, 0.1) is 6.92 Å². The molecule has 0 aliphatic heterocycles. The summed E-state index contributed by atoms with van der Waals surface area (Å²) < 4.78 is 1.70. The molecule has 114 valence electrons. The van der Waals surface area contributed by atoms with E-state index in [1.165, 1.54) is 0 Å². The van der Waals surface area contributed by atoms with E-state index >= 15 is 0 Å². The molecule has 1 unspecified atom stereocenters. The van der Waals surface area contributed by atoms with Gasteiger partial charge in [-0.15, -0.1) is 0 Å². The molecule has 0 aliphatic carbocycles. The standard InChI is InChI=1S/C15H22N4O2/c1-9(2)19(8-10(3)20)15(21)12-6-13-11(4)17-18(5)14(13)16-7-12/h6-7,9-10,20H,8H2,1-5H3. The van der Waals surface area contributed by atoms with Crippen LogP contribution in [0.5, 0.6) is 0 Å². The van der Waals surface area contributed by atoms with Crippen LogP contribution in [0.25, 0.3) is 11.0 Å². The third-order valence-corrected chi connectivity index (χ3v) is 3.46. The lowest BCUT2D eigenvalue weighted by Gasteiger charge is -2.28. The maximum Gasteiger partial charge on any atom is 0.255 e. The lowest BCUT2D eigenvalue weighted by Crippen LogP contribution is -2.41. The van der Waals surface area contributed by atoms with E-state index in [1.54, 1.807) is 22.7 Å². The van der Waals surface area contributed by atoms with Gasteiger partial charge < -0.3 is 10.0 Å². The van der Waals surface area contributed by atoms with Gasteiger partial charge in [0, 0.05) is 31.2 Å². The molecular weight excluding hydrogens is 268 g/mol. The maximum absolute atomic E-state index is 12.6. The predicted molar refractivity (Wildman–Crippen MR) is 81.1 cm³/mol. The molecule has 0 saturated heterocycles. The molecule has 2 heterocycles. The van der Waals surface area contributed by atoms with Crippen molar-refractivity contribution in [1.82, 2.24) is 19.7 Å². The van der Waals surface area contributed by atoms with Crippen molar-refractivity contribution in [2.75, 3.05) is 6.54 Å². The molecule has 1 N–H and O–H groups in total. The summed E-state index contributed by atoms with van der Waals surface area (Å²) in [7, 11) is 1.83. The second-order valence-corrected chi connectivity index (χ2v) is 5.70. The van der Waals surface area contributed by atoms with Crippen molar-refractivity contribution >= 4 is 16.9 Å². The first-order valence-electron chi connectivity index (χ1n) is 7.09. The van der Waals surface area contributed by atoms with Crippen LogP contribution in [0.15, 0.2) is 12.3 Å². The molecule has 6 heteroatoms. The molecule has 0 bridgehead atoms. The summed E-state index contributed by atoms with van der Waals surface area (Å²) in [6.07, 6.45) is 1.01. The number of carbonyl (C=O) groups is 1. The molecular formula is C15H22N4O2. The summed E-state index contributed by atoms with van der Waals surface area (Å²) >= 11 is 0. The van der Waals surface area contributed by atoms with E-state index in [4.69, 9.17) is 0 Å². The van der Waals surface area contributed by atoms with Gasteiger partial charge in [0.25, 0.3) is 5.91 Å². The van der Waals surface area contributed by atoms with E-state index in [1.807, 2.05) is 33.9 Å². The van der Waals surface area contributed by atoms with Gasteiger partial charge in [-0.3, -0.25) is 9.48 Å². The fraction of sp³-hybridized carbons (Fsp3) is 0.533. The van der Waals surface area contributed by atoms with Crippen LogP contribution in [-0.2, 0) is 7.05 Å². The van der Waals surface area contributed by atoms with Gasteiger partial charge >= 0.3 is 0 Å². The number of fused-ring (bicyclic) bond motifs is 1. The van der Waals surface area contributed by atoms with Crippen LogP contribution in [0.2, 0.25) is 0 Å². The summed E-state index contributed by atoms with van der Waals surface area (Å²) in [6, 6.07) is 1.84. The maximum atomic E-state index is 12.6. The van der Waals surface area contributed by atoms with Gasteiger partial charge in [0.05, 0.1) is 17.4 Å². The van der Waals surface area contributed by atoms with Gasteiger partial charge in [-0.25, -0.2) is 4.98 Å². The van der Waals surface area contributed by atoms with E-state index in [0.717, 1.165) is 16.7 Å². The Hall–Kier alpha value is -1.95. The number of hydrogen-bond donors (Lipinski definition) is 1. The number of hydrogen-bond acceptors (Lipinski definition) is 4. The molecule has 0 saturated carbocycles. The Labute approximate surface area is 124 Å². The van der Waals surface area contributed by atoms with Crippen molar-refractivity contribution in [1.29, 1.82) is 0 Å². The van der Waals surface area contributed by atoms with Crippen molar-refractivity contribution < 1.29 is 9.90 Å². The summed E-state index contributed by atoms with van der Waals surface area (Å²) in [6.45, 7) is 7.74. The smallest absolute Gasteiger partial charge is 0.255 e. The van der Waals surface area contributed by atoms with E-state index in [-0.39, 0.29) is 11.9 Å². The number of aromatic nitrogens is 3. The summed E-state index contributed by atoms with van der Waals surface area (Å²) in [5.74, 6) is -0.122. The Morgan fingerprint density at radius 1 is 1.43 bits per heavy atom. The van der Waals surface area contributed by atoms with Gasteiger partial charge in [0.1, 0.15) is 0 Å². The number of aryl methyl sites for hydroxylation is 2. The molecule has 6 nitrogen and oxygen atoms in total. The summed E-state index contributed by atoms with van der Waals surface area (Å²) in [4.78, 5) is 18.6. The van der Waals surface area contributed by atoms with Gasteiger partial charge in [-0.1, -0.05) is 0 Å². The molecule has 0 radical (unpaired) electrons. The zero-order valence-electron chi connectivity index (χ0n) is 13.2. The highest BCUT2D eigenvalue weighted by molar-refractivity contribution is 5.97. The van der Waals surface area contributed by atoms with Crippen LogP contribution in [0.4, 0.5) is 0 Å². The van der Waals surface area contributed by atoms with Gasteiger partial charge in [-0.2, -0.15) is 5.10 Å². The second-order valence-electron chi connectivity index (χ2n) is 5.70. The molecule has 1 atom stereocenters.